The summed E-state index contributed by atoms with van der Waals surface area (Å²) in [5, 5.41) is 2.50. The number of esters is 1. The van der Waals surface area contributed by atoms with E-state index in [1.165, 1.54) is 18.2 Å². The van der Waals surface area contributed by atoms with E-state index < -0.39 is 24.3 Å². The molecule has 2 aromatic rings. The van der Waals surface area contributed by atoms with Gasteiger partial charge in [-0.1, -0.05) is 34.8 Å². The number of carbonyl (C=O) groups excluding carboxylic acids is 2. The summed E-state index contributed by atoms with van der Waals surface area (Å²) in [7, 11) is 0. The normalized spacial score (nSPS) is 10.3. The van der Waals surface area contributed by atoms with Gasteiger partial charge in [0, 0.05) is 0 Å². The van der Waals surface area contributed by atoms with Gasteiger partial charge in [-0.25, -0.2) is 14.2 Å². The van der Waals surface area contributed by atoms with E-state index in [4.69, 9.17) is 39.5 Å². The van der Waals surface area contributed by atoms with E-state index in [9.17, 15) is 14.0 Å². The Morgan fingerprint density at radius 3 is 2.57 bits per heavy atom. The fourth-order valence-electron chi connectivity index (χ4n) is 1.54. The number of halogens is 4. The maximum absolute atomic E-state index is 12.9. The molecule has 1 heterocycles. The zero-order chi connectivity index (χ0) is 17.0. The fraction of sp³-hybridized carbons (Fsp3) is 0.0714. The predicted octanol–water partition coefficient (Wildman–Crippen LogP) is 3.98. The molecule has 120 valence electrons. The SMILES string of the molecule is O=C(COC(=O)c1nc(Cl)ccc1Cl)Nc1ccc(F)cc1Cl. The molecule has 0 atom stereocenters. The Hall–Kier alpha value is -1.89. The number of carbonyl (C=O) groups is 2. The Morgan fingerprint density at radius 2 is 1.87 bits per heavy atom. The van der Waals surface area contributed by atoms with Crippen molar-refractivity contribution in [2.45, 2.75) is 0 Å². The number of nitrogens with one attached hydrogen (secondary N) is 1. The van der Waals surface area contributed by atoms with Crippen LogP contribution in [-0.4, -0.2) is 23.5 Å². The van der Waals surface area contributed by atoms with Crippen LogP contribution in [0.1, 0.15) is 10.5 Å². The molecular weight excluding hydrogens is 370 g/mol. The number of amides is 1. The number of rotatable bonds is 4. The molecule has 0 unspecified atom stereocenters. The molecule has 1 aromatic heterocycles. The van der Waals surface area contributed by atoms with Crippen molar-refractivity contribution in [2.75, 3.05) is 11.9 Å². The van der Waals surface area contributed by atoms with Crippen molar-refractivity contribution < 1.29 is 18.7 Å². The molecule has 0 spiro atoms. The second-order valence-corrected chi connectivity index (χ2v) is 5.41. The zero-order valence-electron chi connectivity index (χ0n) is 11.3. The number of pyridine rings is 1. The lowest BCUT2D eigenvalue weighted by Crippen LogP contribution is -2.21. The molecule has 9 heteroatoms. The first-order valence-electron chi connectivity index (χ1n) is 6.11. The standard InChI is InChI=1S/C14H8Cl3FN2O3/c15-8-2-4-11(17)20-13(8)14(22)23-6-12(21)19-10-3-1-7(18)5-9(10)16/h1-5H,6H2,(H,19,21). The van der Waals surface area contributed by atoms with E-state index >= 15 is 0 Å². The first kappa shape index (κ1) is 17.5. The van der Waals surface area contributed by atoms with E-state index in [1.807, 2.05) is 0 Å². The van der Waals surface area contributed by atoms with Gasteiger partial charge in [-0.05, 0) is 30.3 Å². The van der Waals surface area contributed by atoms with Crippen LogP contribution in [0.5, 0.6) is 0 Å². The van der Waals surface area contributed by atoms with Crippen molar-refractivity contribution >= 4 is 52.4 Å². The van der Waals surface area contributed by atoms with E-state index in [2.05, 4.69) is 10.3 Å². The first-order chi connectivity index (χ1) is 10.9. The van der Waals surface area contributed by atoms with Crippen LogP contribution in [0.2, 0.25) is 15.2 Å². The highest BCUT2D eigenvalue weighted by atomic mass is 35.5. The molecule has 1 N–H and O–H groups in total. The van der Waals surface area contributed by atoms with Gasteiger partial charge in [0.15, 0.2) is 12.3 Å². The Morgan fingerprint density at radius 1 is 1.13 bits per heavy atom. The number of benzene rings is 1. The highest BCUT2D eigenvalue weighted by Crippen LogP contribution is 2.22. The van der Waals surface area contributed by atoms with Crippen LogP contribution < -0.4 is 5.32 Å². The van der Waals surface area contributed by atoms with E-state index in [-0.39, 0.29) is 26.6 Å². The number of hydrogen-bond donors (Lipinski definition) is 1. The Bertz CT molecular complexity index is 771. The number of nitrogens with zero attached hydrogens (tertiary/aromatic N) is 1. The highest BCUT2D eigenvalue weighted by Gasteiger charge is 2.16. The quantitative estimate of drug-likeness (QED) is 0.646. The second-order valence-electron chi connectivity index (χ2n) is 4.21. The van der Waals surface area contributed by atoms with Gasteiger partial charge < -0.3 is 10.1 Å². The van der Waals surface area contributed by atoms with Gasteiger partial charge in [0.25, 0.3) is 5.91 Å². The third-order valence-electron chi connectivity index (χ3n) is 2.54. The number of ether oxygens (including phenoxy) is 1. The summed E-state index contributed by atoms with van der Waals surface area (Å²) in [5.41, 5.74) is -0.0141. The number of aromatic nitrogens is 1. The van der Waals surface area contributed by atoms with Crippen molar-refractivity contribution in [1.82, 2.24) is 4.98 Å². The smallest absolute Gasteiger partial charge is 0.359 e. The van der Waals surface area contributed by atoms with Gasteiger partial charge in [0.05, 0.1) is 15.7 Å². The summed E-state index contributed by atoms with van der Waals surface area (Å²) in [6, 6.07) is 6.24. The summed E-state index contributed by atoms with van der Waals surface area (Å²) in [6.07, 6.45) is 0. The molecule has 23 heavy (non-hydrogen) atoms. The Kier molecular flexibility index (Phi) is 5.76. The third kappa shape index (κ3) is 4.79. The molecule has 0 aliphatic rings. The molecule has 0 saturated carbocycles. The lowest BCUT2D eigenvalue weighted by atomic mass is 10.3. The molecular formula is C14H8Cl3FN2O3. The number of hydrogen-bond acceptors (Lipinski definition) is 4. The molecule has 1 amide bonds. The summed E-state index contributed by atoms with van der Waals surface area (Å²) >= 11 is 17.2. The van der Waals surface area contributed by atoms with Gasteiger partial charge in [-0.15, -0.1) is 0 Å². The average molecular weight is 378 g/mol. The van der Waals surface area contributed by atoms with Gasteiger partial charge in [0.2, 0.25) is 0 Å². The van der Waals surface area contributed by atoms with Crippen LogP contribution >= 0.6 is 34.8 Å². The van der Waals surface area contributed by atoms with Crippen molar-refractivity contribution in [3.63, 3.8) is 0 Å². The molecule has 0 saturated heterocycles. The maximum Gasteiger partial charge on any atom is 0.359 e. The average Bonchev–Trinajstić information content (AvgIpc) is 2.50. The highest BCUT2D eigenvalue weighted by molar-refractivity contribution is 6.34. The summed E-state index contributed by atoms with van der Waals surface area (Å²) in [5.74, 6) is -2.11. The molecule has 1 aromatic carbocycles. The molecule has 5 nitrogen and oxygen atoms in total. The van der Waals surface area contributed by atoms with Crippen LogP contribution in [0.3, 0.4) is 0 Å². The lowest BCUT2D eigenvalue weighted by Gasteiger charge is -2.08. The molecule has 0 aliphatic heterocycles. The van der Waals surface area contributed by atoms with E-state index in [0.717, 1.165) is 12.1 Å². The van der Waals surface area contributed by atoms with Crippen LogP contribution in [0.25, 0.3) is 0 Å². The largest absolute Gasteiger partial charge is 0.451 e. The maximum atomic E-state index is 12.9. The molecule has 2 rings (SSSR count). The monoisotopic (exact) mass is 376 g/mol. The topological polar surface area (TPSA) is 68.3 Å². The minimum atomic E-state index is -0.905. The fourth-order valence-corrected chi connectivity index (χ4v) is 2.08. The third-order valence-corrected chi connectivity index (χ3v) is 3.37. The predicted molar refractivity (Wildman–Crippen MR) is 84.6 cm³/mol. The van der Waals surface area contributed by atoms with Gasteiger partial charge >= 0.3 is 5.97 Å². The summed E-state index contributed by atoms with van der Waals surface area (Å²) < 4.78 is 17.7. The summed E-state index contributed by atoms with van der Waals surface area (Å²) in [4.78, 5) is 27.2. The van der Waals surface area contributed by atoms with Crippen LogP contribution in [0.15, 0.2) is 30.3 Å². The second kappa shape index (κ2) is 7.59. The van der Waals surface area contributed by atoms with Crippen molar-refractivity contribution in [1.29, 1.82) is 0 Å². The minimum Gasteiger partial charge on any atom is -0.451 e. The van der Waals surface area contributed by atoms with Crippen molar-refractivity contribution in [2.24, 2.45) is 0 Å². The lowest BCUT2D eigenvalue weighted by molar-refractivity contribution is -0.119. The van der Waals surface area contributed by atoms with Crippen molar-refractivity contribution in [3.05, 3.63) is 57.0 Å². The zero-order valence-corrected chi connectivity index (χ0v) is 13.5. The van der Waals surface area contributed by atoms with Gasteiger partial charge in [0.1, 0.15) is 11.0 Å². The minimum absolute atomic E-state index is 0.0178. The van der Waals surface area contributed by atoms with Crippen molar-refractivity contribution in [3.8, 4) is 0 Å². The van der Waals surface area contributed by atoms with E-state index in [1.54, 1.807) is 0 Å². The summed E-state index contributed by atoms with van der Waals surface area (Å²) in [6.45, 7) is -0.600. The Balaban J connectivity index is 1.96. The molecule has 0 aliphatic carbocycles. The van der Waals surface area contributed by atoms with Crippen LogP contribution in [-0.2, 0) is 9.53 Å². The Labute approximate surface area is 145 Å². The molecule has 0 bridgehead atoms. The van der Waals surface area contributed by atoms with Gasteiger partial charge in [-0.3, -0.25) is 4.79 Å². The van der Waals surface area contributed by atoms with E-state index in [0.29, 0.717) is 0 Å². The number of anilines is 1. The van der Waals surface area contributed by atoms with Crippen LogP contribution in [0, 0.1) is 5.82 Å². The molecule has 0 radical (unpaired) electrons. The van der Waals surface area contributed by atoms with Gasteiger partial charge in [-0.2, -0.15) is 0 Å². The molecule has 0 fully saturated rings. The first-order valence-corrected chi connectivity index (χ1v) is 7.24. The van der Waals surface area contributed by atoms with Crippen LogP contribution in [0.4, 0.5) is 10.1 Å².